The van der Waals surface area contributed by atoms with Gasteiger partial charge in [-0.15, -0.1) is 0 Å². The van der Waals surface area contributed by atoms with Crippen molar-refractivity contribution < 1.29 is 14.4 Å². The van der Waals surface area contributed by atoms with Crippen molar-refractivity contribution in [2.45, 2.75) is 6.54 Å². The van der Waals surface area contributed by atoms with Crippen LogP contribution in [-0.2, 0) is 11.3 Å². The average molecular weight is 362 g/mol. The third-order valence-corrected chi connectivity index (χ3v) is 3.74. The number of aromatic nitrogens is 1. The first-order valence-electron chi connectivity index (χ1n) is 8.20. The van der Waals surface area contributed by atoms with Crippen LogP contribution in [0.2, 0.25) is 0 Å². The molecule has 3 rings (SSSR count). The smallest absolute Gasteiger partial charge is 0.255 e. The molecule has 3 aromatic rings. The Morgan fingerprint density at radius 3 is 2.56 bits per heavy atom. The summed E-state index contributed by atoms with van der Waals surface area (Å²) in [6.07, 6.45) is 3.72. The molecule has 1 aromatic heterocycles. The van der Waals surface area contributed by atoms with Crippen LogP contribution in [-0.4, -0.2) is 22.4 Å². The minimum Gasteiger partial charge on any atom is -0.397 e. The maximum Gasteiger partial charge on any atom is 0.255 e. The number of carbonyl (C=O) groups is 2. The fourth-order valence-electron chi connectivity index (χ4n) is 2.37. The molecule has 0 radical (unpaired) electrons. The monoisotopic (exact) mass is 362 g/mol. The number of rotatable bonds is 7. The summed E-state index contributed by atoms with van der Waals surface area (Å²) in [4.78, 5) is 32.9. The minimum atomic E-state index is -0.265. The lowest BCUT2D eigenvalue weighted by molar-refractivity contribution is -0.144. The maximum atomic E-state index is 12.3. The molecule has 3 N–H and O–H groups in total. The number of nitrogens with two attached hydrogens (primary N) is 1. The van der Waals surface area contributed by atoms with Gasteiger partial charge in [0.2, 0.25) is 6.41 Å². The molecule has 0 saturated heterocycles. The molecular weight excluding hydrogens is 344 g/mol. The van der Waals surface area contributed by atoms with Crippen LogP contribution >= 0.6 is 0 Å². The van der Waals surface area contributed by atoms with Gasteiger partial charge in [-0.25, -0.2) is 0 Å². The fourth-order valence-corrected chi connectivity index (χ4v) is 2.37. The molecule has 0 unspecified atom stereocenters. The molecule has 27 heavy (non-hydrogen) atoms. The molecule has 1 heterocycles. The van der Waals surface area contributed by atoms with Gasteiger partial charge in [0.15, 0.2) is 5.75 Å². The SMILES string of the molecule is Nc1ccccc1NC(=O)c1ccc(CN(C=O)Oc2cccnc2)cc1. The molecule has 136 valence electrons. The standard InChI is InChI=1S/C20H18N4O3/c21-18-5-1-2-6-19(18)23-20(26)16-9-7-15(8-10-16)13-24(14-25)27-17-4-3-11-22-12-17/h1-12,14H,13,21H2,(H,23,26). The first-order chi connectivity index (χ1) is 13.2. The van der Waals surface area contributed by atoms with Gasteiger partial charge < -0.3 is 15.9 Å². The Balaban J connectivity index is 1.63. The number of carbonyl (C=O) groups excluding carboxylic acids is 2. The van der Waals surface area contributed by atoms with Crippen LogP contribution in [0.25, 0.3) is 0 Å². The molecule has 0 aliphatic carbocycles. The number of anilines is 2. The zero-order valence-corrected chi connectivity index (χ0v) is 14.4. The topological polar surface area (TPSA) is 97.6 Å². The Kier molecular flexibility index (Phi) is 5.64. The minimum absolute atomic E-state index is 0.228. The summed E-state index contributed by atoms with van der Waals surface area (Å²) in [6, 6.07) is 17.3. The number of pyridine rings is 1. The fraction of sp³-hybridized carbons (Fsp3) is 0.0500. The molecule has 7 nitrogen and oxygen atoms in total. The van der Waals surface area contributed by atoms with Crippen LogP contribution in [0.3, 0.4) is 0 Å². The highest BCUT2D eigenvalue weighted by molar-refractivity contribution is 6.05. The second kappa shape index (κ2) is 8.48. The van der Waals surface area contributed by atoms with Crippen molar-refractivity contribution >= 4 is 23.7 Å². The highest BCUT2D eigenvalue weighted by Gasteiger charge is 2.10. The molecular formula is C20H18N4O3. The van der Waals surface area contributed by atoms with E-state index in [1.165, 1.54) is 6.20 Å². The van der Waals surface area contributed by atoms with Gasteiger partial charge in [-0.05, 0) is 42.0 Å². The van der Waals surface area contributed by atoms with Gasteiger partial charge >= 0.3 is 0 Å². The summed E-state index contributed by atoms with van der Waals surface area (Å²) in [6.45, 7) is 0.228. The molecule has 0 saturated carbocycles. The second-order valence-corrected chi connectivity index (χ2v) is 5.70. The lowest BCUT2D eigenvalue weighted by Crippen LogP contribution is -2.25. The third-order valence-electron chi connectivity index (χ3n) is 3.74. The number of nitrogens with zero attached hydrogens (tertiary/aromatic N) is 2. The van der Waals surface area contributed by atoms with Crippen molar-refractivity contribution in [3.63, 3.8) is 0 Å². The van der Waals surface area contributed by atoms with Gasteiger partial charge in [0.25, 0.3) is 5.91 Å². The Morgan fingerprint density at radius 1 is 1.11 bits per heavy atom. The van der Waals surface area contributed by atoms with Crippen LogP contribution in [0.5, 0.6) is 5.75 Å². The number of nitrogens with one attached hydrogen (secondary N) is 1. The first-order valence-corrected chi connectivity index (χ1v) is 8.20. The molecule has 2 amide bonds. The summed E-state index contributed by atoms with van der Waals surface area (Å²) < 4.78 is 0. The number of nitrogen functional groups attached to an aromatic ring is 1. The number of hydrogen-bond donors (Lipinski definition) is 2. The van der Waals surface area contributed by atoms with E-state index in [0.29, 0.717) is 29.1 Å². The van der Waals surface area contributed by atoms with Gasteiger partial charge in [-0.1, -0.05) is 24.3 Å². The number of hydrogen-bond acceptors (Lipinski definition) is 5. The van der Waals surface area contributed by atoms with E-state index in [-0.39, 0.29) is 12.5 Å². The van der Waals surface area contributed by atoms with Gasteiger partial charge in [0, 0.05) is 11.8 Å². The number of hydroxylamine groups is 2. The normalized spacial score (nSPS) is 10.1. The van der Waals surface area contributed by atoms with E-state index in [0.717, 1.165) is 10.6 Å². The van der Waals surface area contributed by atoms with E-state index in [2.05, 4.69) is 10.3 Å². The lowest BCUT2D eigenvalue weighted by Gasteiger charge is -2.17. The zero-order valence-electron chi connectivity index (χ0n) is 14.4. The Morgan fingerprint density at radius 2 is 1.89 bits per heavy atom. The van der Waals surface area contributed by atoms with Crippen LogP contribution < -0.4 is 15.9 Å². The zero-order chi connectivity index (χ0) is 19.1. The molecule has 0 bridgehead atoms. The third kappa shape index (κ3) is 4.82. The van der Waals surface area contributed by atoms with Crippen LogP contribution in [0.15, 0.2) is 73.1 Å². The van der Waals surface area contributed by atoms with Gasteiger partial charge in [0.05, 0.1) is 24.1 Å². The number of benzene rings is 2. The second-order valence-electron chi connectivity index (χ2n) is 5.70. The van der Waals surface area contributed by atoms with Crippen molar-refractivity contribution in [1.82, 2.24) is 10.0 Å². The van der Waals surface area contributed by atoms with Crippen LogP contribution in [0.1, 0.15) is 15.9 Å². The summed E-state index contributed by atoms with van der Waals surface area (Å²) >= 11 is 0. The summed E-state index contributed by atoms with van der Waals surface area (Å²) in [7, 11) is 0. The first kappa shape index (κ1) is 17.9. The lowest BCUT2D eigenvalue weighted by atomic mass is 10.1. The maximum absolute atomic E-state index is 12.3. The number of amides is 2. The summed E-state index contributed by atoms with van der Waals surface area (Å²) in [5.41, 5.74) is 8.18. The van der Waals surface area contributed by atoms with Crippen molar-refractivity contribution in [1.29, 1.82) is 0 Å². The molecule has 7 heteroatoms. The van der Waals surface area contributed by atoms with Crippen molar-refractivity contribution in [3.05, 3.63) is 84.2 Å². The van der Waals surface area contributed by atoms with Crippen molar-refractivity contribution in [2.24, 2.45) is 0 Å². The molecule has 0 fully saturated rings. The van der Waals surface area contributed by atoms with E-state index >= 15 is 0 Å². The highest BCUT2D eigenvalue weighted by atomic mass is 16.7. The van der Waals surface area contributed by atoms with Crippen molar-refractivity contribution in [3.8, 4) is 5.75 Å². The van der Waals surface area contributed by atoms with Crippen molar-refractivity contribution in [2.75, 3.05) is 11.1 Å². The predicted molar refractivity (Wildman–Crippen MR) is 102 cm³/mol. The van der Waals surface area contributed by atoms with E-state index in [1.807, 2.05) is 0 Å². The van der Waals surface area contributed by atoms with Crippen LogP contribution in [0.4, 0.5) is 11.4 Å². The average Bonchev–Trinajstić information content (AvgIpc) is 2.70. The largest absolute Gasteiger partial charge is 0.397 e. The molecule has 0 atom stereocenters. The van der Waals surface area contributed by atoms with E-state index < -0.39 is 0 Å². The summed E-state index contributed by atoms with van der Waals surface area (Å²) in [5, 5.41) is 3.92. The molecule has 0 aliphatic heterocycles. The Labute approximate surface area is 156 Å². The summed E-state index contributed by atoms with van der Waals surface area (Å²) in [5.74, 6) is 0.194. The van der Waals surface area contributed by atoms with Crippen LogP contribution in [0, 0.1) is 0 Å². The highest BCUT2D eigenvalue weighted by Crippen LogP contribution is 2.18. The Bertz CT molecular complexity index is 914. The molecule has 0 aliphatic rings. The number of para-hydroxylation sites is 2. The van der Waals surface area contributed by atoms with Gasteiger partial charge in [-0.3, -0.25) is 14.6 Å². The quantitative estimate of drug-likeness (QED) is 0.383. The van der Waals surface area contributed by atoms with E-state index in [9.17, 15) is 9.59 Å². The van der Waals surface area contributed by atoms with Gasteiger partial charge in [0.1, 0.15) is 0 Å². The molecule has 0 spiro atoms. The van der Waals surface area contributed by atoms with Gasteiger partial charge in [-0.2, -0.15) is 5.06 Å². The van der Waals surface area contributed by atoms with E-state index in [1.54, 1.807) is 66.9 Å². The Hall–Kier alpha value is -3.87. The van der Waals surface area contributed by atoms with E-state index in [4.69, 9.17) is 10.6 Å². The predicted octanol–water partition coefficient (Wildman–Crippen LogP) is 2.87. The molecule has 2 aromatic carbocycles.